The van der Waals surface area contributed by atoms with Crippen LogP contribution < -0.4 is 9.47 Å². The van der Waals surface area contributed by atoms with Crippen LogP contribution in [0.4, 0.5) is 0 Å². The molecular weight excluding hydrogens is 315 g/mol. The molecule has 0 aromatic heterocycles. The van der Waals surface area contributed by atoms with Crippen LogP contribution in [-0.4, -0.2) is 19.0 Å². The quantitative estimate of drug-likeness (QED) is 0.563. The second-order valence-corrected chi connectivity index (χ2v) is 4.77. The van der Waals surface area contributed by atoms with Gasteiger partial charge in [-0.05, 0) is 12.8 Å². The van der Waals surface area contributed by atoms with Crippen LogP contribution in [-0.2, 0) is 0 Å². The number of unbranched alkanes of at least 4 members (excludes halogenated alkanes) is 1. The van der Waals surface area contributed by atoms with Crippen LogP contribution in [0.2, 0.25) is 10.0 Å². The first-order valence-corrected chi connectivity index (χ1v) is 6.78. The first-order chi connectivity index (χ1) is 7.69. The summed E-state index contributed by atoms with van der Waals surface area (Å²) in [4.78, 5) is 0. The van der Waals surface area contributed by atoms with E-state index in [0.29, 0.717) is 28.2 Å². The van der Waals surface area contributed by atoms with Gasteiger partial charge >= 0.3 is 0 Å². The molecule has 1 aromatic carbocycles. The fourth-order valence-corrected chi connectivity index (χ4v) is 1.99. The van der Waals surface area contributed by atoms with Gasteiger partial charge in [0.25, 0.3) is 0 Å². The van der Waals surface area contributed by atoms with E-state index in [1.54, 1.807) is 19.2 Å². The molecular formula is C11H13BrCl2O2. The Labute approximate surface area is 114 Å². The molecule has 0 aliphatic carbocycles. The predicted octanol–water partition coefficient (Wildman–Crippen LogP) is 4.56. The molecule has 0 N–H and O–H groups in total. The van der Waals surface area contributed by atoms with Crippen molar-refractivity contribution < 1.29 is 9.47 Å². The topological polar surface area (TPSA) is 18.5 Å². The molecule has 90 valence electrons. The van der Waals surface area contributed by atoms with Crippen LogP contribution in [0.5, 0.6) is 11.5 Å². The molecule has 2 nitrogen and oxygen atoms in total. The van der Waals surface area contributed by atoms with Crippen molar-refractivity contribution in [3.63, 3.8) is 0 Å². The van der Waals surface area contributed by atoms with E-state index in [1.165, 1.54) is 0 Å². The van der Waals surface area contributed by atoms with Gasteiger partial charge in [-0.3, -0.25) is 0 Å². The highest BCUT2D eigenvalue weighted by Crippen LogP contribution is 2.35. The van der Waals surface area contributed by atoms with E-state index in [-0.39, 0.29) is 0 Å². The molecule has 0 bridgehead atoms. The Balaban J connectivity index is 2.63. The molecule has 5 heteroatoms. The summed E-state index contributed by atoms with van der Waals surface area (Å²) in [5, 5.41) is 2.00. The van der Waals surface area contributed by atoms with Gasteiger partial charge in [0.15, 0.2) is 0 Å². The van der Waals surface area contributed by atoms with E-state index in [9.17, 15) is 0 Å². The summed E-state index contributed by atoms with van der Waals surface area (Å²) >= 11 is 15.4. The number of halogens is 3. The molecule has 1 rings (SSSR count). The zero-order valence-electron chi connectivity index (χ0n) is 8.93. The maximum absolute atomic E-state index is 6.02. The summed E-state index contributed by atoms with van der Waals surface area (Å²) in [6.07, 6.45) is 2.05. The monoisotopic (exact) mass is 326 g/mol. The minimum Gasteiger partial charge on any atom is -0.495 e. The first-order valence-electron chi connectivity index (χ1n) is 4.91. The second-order valence-electron chi connectivity index (χ2n) is 3.16. The number of benzene rings is 1. The summed E-state index contributed by atoms with van der Waals surface area (Å²) in [7, 11) is 1.55. The maximum Gasteiger partial charge on any atom is 0.139 e. The molecule has 16 heavy (non-hydrogen) atoms. The van der Waals surface area contributed by atoms with Crippen molar-refractivity contribution >= 4 is 39.1 Å². The molecule has 0 amide bonds. The van der Waals surface area contributed by atoms with Crippen molar-refractivity contribution in [2.75, 3.05) is 19.0 Å². The number of hydrogen-bond acceptors (Lipinski definition) is 2. The van der Waals surface area contributed by atoms with E-state index in [4.69, 9.17) is 32.7 Å². The summed E-state index contributed by atoms with van der Waals surface area (Å²) in [6, 6.07) is 3.33. The normalized spacial score (nSPS) is 10.2. The van der Waals surface area contributed by atoms with Crippen molar-refractivity contribution in [2.24, 2.45) is 0 Å². The predicted molar refractivity (Wildman–Crippen MR) is 71.5 cm³/mol. The van der Waals surface area contributed by atoms with Crippen LogP contribution in [0.15, 0.2) is 12.1 Å². The molecule has 0 atom stereocenters. The lowest BCUT2D eigenvalue weighted by molar-refractivity contribution is 0.309. The minimum atomic E-state index is 0.502. The van der Waals surface area contributed by atoms with E-state index < -0.39 is 0 Å². The zero-order chi connectivity index (χ0) is 12.0. The van der Waals surface area contributed by atoms with Gasteiger partial charge in [-0.1, -0.05) is 39.1 Å². The van der Waals surface area contributed by atoms with Gasteiger partial charge in [0.1, 0.15) is 11.5 Å². The number of rotatable bonds is 6. The maximum atomic E-state index is 6.02. The molecule has 1 aromatic rings. The average molecular weight is 328 g/mol. The summed E-state index contributed by atoms with van der Waals surface area (Å²) in [6.45, 7) is 0.633. The molecule has 0 spiro atoms. The highest BCUT2D eigenvalue weighted by molar-refractivity contribution is 9.09. The lowest BCUT2D eigenvalue weighted by Crippen LogP contribution is -1.98. The highest BCUT2D eigenvalue weighted by atomic mass is 79.9. The Hall–Kier alpha value is -0.120. The van der Waals surface area contributed by atoms with Gasteiger partial charge in [-0.15, -0.1) is 0 Å². The molecule has 0 saturated carbocycles. The molecule has 0 heterocycles. The fourth-order valence-electron chi connectivity index (χ4n) is 1.16. The van der Waals surface area contributed by atoms with Crippen LogP contribution >= 0.6 is 39.1 Å². The second kappa shape index (κ2) is 7.25. The van der Waals surface area contributed by atoms with Crippen molar-refractivity contribution in [3.8, 4) is 11.5 Å². The zero-order valence-corrected chi connectivity index (χ0v) is 12.0. The Morgan fingerprint density at radius 2 is 1.75 bits per heavy atom. The van der Waals surface area contributed by atoms with E-state index in [0.717, 1.165) is 18.2 Å². The van der Waals surface area contributed by atoms with Gasteiger partial charge in [0, 0.05) is 17.5 Å². The van der Waals surface area contributed by atoms with Crippen LogP contribution in [0.3, 0.4) is 0 Å². The van der Waals surface area contributed by atoms with Crippen molar-refractivity contribution in [1.82, 2.24) is 0 Å². The number of hydrogen-bond donors (Lipinski definition) is 0. The van der Waals surface area contributed by atoms with Crippen molar-refractivity contribution in [2.45, 2.75) is 12.8 Å². The molecule has 0 aliphatic rings. The summed E-state index contributed by atoms with van der Waals surface area (Å²) < 4.78 is 10.6. The fraction of sp³-hybridized carbons (Fsp3) is 0.455. The van der Waals surface area contributed by atoms with E-state index in [1.807, 2.05) is 0 Å². The Morgan fingerprint density at radius 3 is 2.38 bits per heavy atom. The Bertz CT molecular complexity index is 345. The number of alkyl halides is 1. The third-order valence-electron chi connectivity index (χ3n) is 1.99. The van der Waals surface area contributed by atoms with Crippen molar-refractivity contribution in [3.05, 3.63) is 22.2 Å². The lowest BCUT2D eigenvalue weighted by atomic mass is 10.3. The third kappa shape index (κ3) is 4.04. The average Bonchev–Trinajstić information content (AvgIpc) is 2.28. The van der Waals surface area contributed by atoms with Crippen LogP contribution in [0, 0.1) is 0 Å². The van der Waals surface area contributed by atoms with Crippen LogP contribution in [0.25, 0.3) is 0 Å². The van der Waals surface area contributed by atoms with Gasteiger partial charge in [0.05, 0.1) is 23.8 Å². The summed E-state index contributed by atoms with van der Waals surface area (Å²) in [5.74, 6) is 1.15. The molecule has 0 fully saturated rings. The van der Waals surface area contributed by atoms with E-state index in [2.05, 4.69) is 15.9 Å². The van der Waals surface area contributed by atoms with Crippen molar-refractivity contribution in [1.29, 1.82) is 0 Å². The molecule has 0 saturated heterocycles. The highest BCUT2D eigenvalue weighted by Gasteiger charge is 2.08. The Morgan fingerprint density at radius 1 is 1.12 bits per heavy atom. The smallest absolute Gasteiger partial charge is 0.139 e. The lowest BCUT2D eigenvalue weighted by Gasteiger charge is -2.10. The SMILES string of the molecule is COc1cc(Cl)c(OCCCCBr)cc1Cl. The van der Waals surface area contributed by atoms with Crippen LogP contribution in [0.1, 0.15) is 12.8 Å². The number of ether oxygens (including phenoxy) is 2. The minimum absolute atomic E-state index is 0.502. The molecule has 0 unspecified atom stereocenters. The molecule has 0 radical (unpaired) electrons. The number of methoxy groups -OCH3 is 1. The first kappa shape index (κ1) is 13.9. The van der Waals surface area contributed by atoms with Gasteiger partial charge in [-0.25, -0.2) is 0 Å². The van der Waals surface area contributed by atoms with Gasteiger partial charge in [0.2, 0.25) is 0 Å². The van der Waals surface area contributed by atoms with Gasteiger partial charge in [-0.2, -0.15) is 0 Å². The Kier molecular flexibility index (Phi) is 6.32. The standard InChI is InChI=1S/C11H13BrCl2O2/c1-15-10-6-9(14)11(7-8(10)13)16-5-3-2-4-12/h6-7H,2-5H2,1H3. The molecule has 0 aliphatic heterocycles. The summed E-state index contributed by atoms with van der Waals surface area (Å²) in [5.41, 5.74) is 0. The third-order valence-corrected chi connectivity index (χ3v) is 3.14. The van der Waals surface area contributed by atoms with E-state index >= 15 is 0 Å². The van der Waals surface area contributed by atoms with Gasteiger partial charge < -0.3 is 9.47 Å². The largest absolute Gasteiger partial charge is 0.495 e.